The lowest BCUT2D eigenvalue weighted by atomic mass is 9.46. The summed E-state index contributed by atoms with van der Waals surface area (Å²) in [5.74, 6) is 7.40. The third-order valence-corrected chi connectivity index (χ3v) is 9.40. The van der Waals surface area contributed by atoms with Crippen LogP contribution < -0.4 is 0 Å². The van der Waals surface area contributed by atoms with Crippen molar-refractivity contribution in [2.75, 3.05) is 6.61 Å². The van der Waals surface area contributed by atoms with Gasteiger partial charge in [0.05, 0.1) is 6.10 Å². The molecule has 23 heavy (non-hydrogen) atoms. The Labute approximate surface area is 141 Å². The molecule has 7 rings (SSSR count). The van der Waals surface area contributed by atoms with Crippen LogP contribution in [-0.4, -0.2) is 12.7 Å². The summed E-state index contributed by atoms with van der Waals surface area (Å²) in [5.41, 5.74) is 0.627. The second-order valence-corrected chi connectivity index (χ2v) is 10.7. The van der Waals surface area contributed by atoms with Crippen LogP contribution in [0.3, 0.4) is 0 Å². The second-order valence-electron chi connectivity index (χ2n) is 10.7. The summed E-state index contributed by atoms with van der Waals surface area (Å²) in [4.78, 5) is 0. The van der Waals surface area contributed by atoms with Crippen molar-refractivity contribution in [1.82, 2.24) is 0 Å². The SMILES string of the molecule is C1COC(C23CC4CC(CC(C4)C2)C3)C(C2CC3CCC2C3)C1. The molecular formula is C22H34O. The largest absolute Gasteiger partial charge is 0.377 e. The van der Waals surface area contributed by atoms with Crippen molar-refractivity contribution >= 4 is 0 Å². The second kappa shape index (κ2) is 4.99. The van der Waals surface area contributed by atoms with Gasteiger partial charge in [0, 0.05) is 6.61 Å². The van der Waals surface area contributed by atoms with Gasteiger partial charge in [0.15, 0.2) is 0 Å². The van der Waals surface area contributed by atoms with Crippen LogP contribution in [-0.2, 0) is 4.74 Å². The van der Waals surface area contributed by atoms with E-state index in [1.165, 1.54) is 12.8 Å². The van der Waals surface area contributed by atoms with E-state index in [9.17, 15) is 0 Å². The van der Waals surface area contributed by atoms with Crippen LogP contribution >= 0.6 is 0 Å². The zero-order chi connectivity index (χ0) is 15.0. The lowest BCUT2D eigenvalue weighted by molar-refractivity contribution is -0.186. The van der Waals surface area contributed by atoms with Gasteiger partial charge in [-0.05, 0) is 117 Å². The highest BCUT2D eigenvalue weighted by atomic mass is 16.5. The Balaban J connectivity index is 1.31. The Kier molecular flexibility index (Phi) is 3.07. The maximum absolute atomic E-state index is 6.70. The van der Waals surface area contributed by atoms with E-state index in [0.29, 0.717) is 11.5 Å². The summed E-state index contributed by atoms with van der Waals surface area (Å²) in [5, 5.41) is 0. The molecule has 5 unspecified atom stereocenters. The van der Waals surface area contributed by atoms with E-state index in [-0.39, 0.29) is 0 Å². The molecule has 1 heteroatoms. The van der Waals surface area contributed by atoms with Crippen LogP contribution in [0.5, 0.6) is 0 Å². The molecule has 6 aliphatic carbocycles. The van der Waals surface area contributed by atoms with E-state index in [1.54, 1.807) is 64.2 Å². The smallest absolute Gasteiger partial charge is 0.0662 e. The zero-order valence-electron chi connectivity index (χ0n) is 14.7. The molecule has 5 atom stereocenters. The molecule has 0 N–H and O–H groups in total. The van der Waals surface area contributed by atoms with Gasteiger partial charge < -0.3 is 4.74 Å². The molecule has 0 radical (unpaired) electrons. The lowest BCUT2D eigenvalue weighted by Crippen LogP contribution is -2.56. The topological polar surface area (TPSA) is 9.23 Å². The van der Waals surface area contributed by atoms with E-state index in [2.05, 4.69) is 0 Å². The molecule has 7 fully saturated rings. The summed E-state index contributed by atoms with van der Waals surface area (Å²) < 4.78 is 6.70. The molecule has 7 aliphatic rings. The van der Waals surface area contributed by atoms with Crippen LogP contribution in [0.25, 0.3) is 0 Å². The molecule has 1 aliphatic heterocycles. The number of ether oxygens (including phenoxy) is 1. The van der Waals surface area contributed by atoms with Crippen molar-refractivity contribution in [3.8, 4) is 0 Å². The van der Waals surface area contributed by atoms with Gasteiger partial charge in [0.25, 0.3) is 0 Å². The van der Waals surface area contributed by atoms with Gasteiger partial charge in [-0.2, -0.15) is 0 Å². The van der Waals surface area contributed by atoms with Gasteiger partial charge in [-0.1, -0.05) is 6.42 Å². The molecular weight excluding hydrogens is 280 g/mol. The van der Waals surface area contributed by atoms with Crippen molar-refractivity contribution in [2.45, 2.75) is 83.2 Å². The van der Waals surface area contributed by atoms with Gasteiger partial charge in [-0.25, -0.2) is 0 Å². The number of rotatable bonds is 2. The van der Waals surface area contributed by atoms with Gasteiger partial charge in [-0.3, -0.25) is 0 Å². The average molecular weight is 315 g/mol. The van der Waals surface area contributed by atoms with Crippen LogP contribution in [0.15, 0.2) is 0 Å². The Morgan fingerprint density at radius 1 is 0.652 bits per heavy atom. The molecule has 0 aromatic carbocycles. The summed E-state index contributed by atoms with van der Waals surface area (Å²) >= 11 is 0. The number of fused-ring (bicyclic) bond motifs is 2. The molecule has 6 bridgehead atoms. The monoisotopic (exact) mass is 314 g/mol. The molecule has 0 aromatic heterocycles. The minimum Gasteiger partial charge on any atom is -0.377 e. The molecule has 0 aromatic rings. The highest BCUT2D eigenvalue weighted by molar-refractivity contribution is 5.08. The van der Waals surface area contributed by atoms with Crippen molar-refractivity contribution in [1.29, 1.82) is 0 Å². The van der Waals surface area contributed by atoms with Gasteiger partial charge in [-0.15, -0.1) is 0 Å². The molecule has 0 spiro atoms. The maximum Gasteiger partial charge on any atom is 0.0662 e. The highest BCUT2D eigenvalue weighted by Gasteiger charge is 2.58. The third-order valence-electron chi connectivity index (χ3n) is 9.40. The molecule has 0 amide bonds. The number of hydrogen-bond acceptors (Lipinski definition) is 1. The molecule has 128 valence electrons. The Morgan fingerprint density at radius 3 is 2.00 bits per heavy atom. The minimum atomic E-state index is 0.627. The fourth-order valence-corrected chi connectivity index (χ4v) is 9.22. The first-order valence-corrected chi connectivity index (χ1v) is 10.9. The van der Waals surface area contributed by atoms with Crippen molar-refractivity contribution in [3.63, 3.8) is 0 Å². The van der Waals surface area contributed by atoms with E-state index in [0.717, 1.165) is 48.0 Å². The minimum absolute atomic E-state index is 0.627. The predicted molar refractivity (Wildman–Crippen MR) is 92.0 cm³/mol. The highest BCUT2D eigenvalue weighted by Crippen LogP contribution is 2.65. The first-order chi connectivity index (χ1) is 11.3. The van der Waals surface area contributed by atoms with Crippen molar-refractivity contribution < 1.29 is 4.74 Å². The van der Waals surface area contributed by atoms with Crippen molar-refractivity contribution in [3.05, 3.63) is 0 Å². The fraction of sp³-hybridized carbons (Fsp3) is 1.00. The van der Waals surface area contributed by atoms with Gasteiger partial charge >= 0.3 is 0 Å². The van der Waals surface area contributed by atoms with Crippen LogP contribution in [0.4, 0.5) is 0 Å². The summed E-state index contributed by atoms with van der Waals surface area (Å²) in [6.45, 7) is 1.07. The first-order valence-electron chi connectivity index (χ1n) is 10.9. The van der Waals surface area contributed by atoms with E-state index >= 15 is 0 Å². The Hall–Kier alpha value is -0.0400. The molecule has 1 saturated heterocycles. The third kappa shape index (κ3) is 2.07. The average Bonchev–Trinajstić information content (AvgIpc) is 3.17. The normalized spacial score (nSPS) is 60.5. The van der Waals surface area contributed by atoms with Crippen molar-refractivity contribution in [2.24, 2.45) is 46.8 Å². The van der Waals surface area contributed by atoms with Crippen LogP contribution in [0, 0.1) is 46.8 Å². The summed E-state index contributed by atoms with van der Waals surface area (Å²) in [6.07, 6.45) is 19.1. The fourth-order valence-electron chi connectivity index (χ4n) is 9.22. The Morgan fingerprint density at radius 2 is 1.39 bits per heavy atom. The molecule has 6 saturated carbocycles. The first kappa shape index (κ1) is 14.2. The van der Waals surface area contributed by atoms with Gasteiger partial charge in [0.2, 0.25) is 0 Å². The summed E-state index contributed by atoms with van der Waals surface area (Å²) in [6, 6.07) is 0. The molecule has 1 heterocycles. The predicted octanol–water partition coefficient (Wildman–Crippen LogP) is 5.43. The standard InChI is InChI=1S/C22H34O/c1-2-19(20-10-14-3-4-18(20)9-14)21(23-5-1)22-11-15-6-16(12-22)8-17(7-15)13-22/h14-21H,1-13H2. The summed E-state index contributed by atoms with van der Waals surface area (Å²) in [7, 11) is 0. The molecule has 1 nitrogen and oxygen atoms in total. The van der Waals surface area contributed by atoms with Gasteiger partial charge in [0.1, 0.15) is 0 Å². The lowest BCUT2D eigenvalue weighted by Gasteiger charge is -2.61. The Bertz CT molecular complexity index is 447. The van der Waals surface area contributed by atoms with Crippen LogP contribution in [0.1, 0.15) is 77.0 Å². The maximum atomic E-state index is 6.70. The van der Waals surface area contributed by atoms with E-state index in [1.807, 2.05) is 0 Å². The van der Waals surface area contributed by atoms with Crippen LogP contribution in [0.2, 0.25) is 0 Å². The quantitative estimate of drug-likeness (QED) is 0.660. The zero-order valence-corrected chi connectivity index (χ0v) is 14.7. The van der Waals surface area contributed by atoms with E-state index < -0.39 is 0 Å². The number of hydrogen-bond donors (Lipinski definition) is 0. The van der Waals surface area contributed by atoms with E-state index in [4.69, 9.17) is 4.74 Å².